The fraction of sp³-hybridized carbons (Fsp3) is 0.250. The molecule has 19 heavy (non-hydrogen) atoms. The van der Waals surface area contributed by atoms with Crippen LogP contribution in [0.1, 0.15) is 6.42 Å². The number of hydrogen-bond donors (Lipinski definition) is 3. The van der Waals surface area contributed by atoms with Crippen LogP contribution in [0.15, 0.2) is 16.9 Å². The van der Waals surface area contributed by atoms with Gasteiger partial charge in [-0.25, -0.2) is 4.79 Å². The average molecular weight is 259 g/mol. The number of carbonyl (C=O) groups excluding carboxylic acids is 1. The maximum Gasteiger partial charge on any atom is 0.323 e. The fourth-order valence-corrected chi connectivity index (χ4v) is 1.81. The highest BCUT2D eigenvalue weighted by Crippen LogP contribution is 2.28. The molecule has 7 nitrogen and oxygen atoms in total. The van der Waals surface area contributed by atoms with Crippen LogP contribution in [-0.4, -0.2) is 30.0 Å². The molecule has 0 aliphatic heterocycles. The lowest BCUT2D eigenvalue weighted by Crippen LogP contribution is -2.16. The molecule has 0 saturated carbocycles. The van der Waals surface area contributed by atoms with Gasteiger partial charge in [-0.2, -0.15) is 5.26 Å². The topological polar surface area (TPSA) is 105 Å². The van der Waals surface area contributed by atoms with Crippen LogP contribution in [0.3, 0.4) is 0 Å². The molecule has 0 unspecified atom stereocenters. The summed E-state index contributed by atoms with van der Waals surface area (Å²) in [5, 5.41) is 11.1. The van der Waals surface area contributed by atoms with Gasteiger partial charge in [0.05, 0.1) is 28.5 Å². The molecule has 0 aliphatic rings. The van der Waals surface area contributed by atoms with Crippen LogP contribution in [0.25, 0.3) is 11.0 Å². The third kappa shape index (κ3) is 2.57. The van der Waals surface area contributed by atoms with Gasteiger partial charge < -0.3 is 20.2 Å². The van der Waals surface area contributed by atoms with Crippen LogP contribution in [0, 0.1) is 11.3 Å². The summed E-state index contributed by atoms with van der Waals surface area (Å²) in [6.07, 6.45) is -0.214. The molecular weight excluding hydrogens is 246 g/mol. The van der Waals surface area contributed by atoms with Gasteiger partial charge in [0.15, 0.2) is 0 Å². The van der Waals surface area contributed by atoms with Crippen molar-refractivity contribution in [3.63, 3.8) is 0 Å². The van der Waals surface area contributed by atoms with E-state index in [1.807, 2.05) is 19.0 Å². The normalized spacial score (nSPS) is 10.2. The highest BCUT2D eigenvalue weighted by atomic mass is 16.1. The van der Waals surface area contributed by atoms with E-state index in [0.29, 0.717) is 16.7 Å². The van der Waals surface area contributed by atoms with Crippen LogP contribution < -0.4 is 15.9 Å². The van der Waals surface area contributed by atoms with Crippen molar-refractivity contribution in [3.8, 4) is 6.07 Å². The average Bonchev–Trinajstić information content (AvgIpc) is 2.67. The summed E-state index contributed by atoms with van der Waals surface area (Å²) in [4.78, 5) is 29.8. The van der Waals surface area contributed by atoms with Gasteiger partial charge in [-0.05, 0) is 12.1 Å². The summed E-state index contributed by atoms with van der Waals surface area (Å²) in [5.74, 6) is -0.386. The summed E-state index contributed by atoms with van der Waals surface area (Å²) >= 11 is 0. The van der Waals surface area contributed by atoms with Gasteiger partial charge in [-0.15, -0.1) is 0 Å². The molecule has 0 fully saturated rings. The van der Waals surface area contributed by atoms with Crippen LogP contribution >= 0.6 is 0 Å². The Morgan fingerprint density at radius 2 is 2.00 bits per heavy atom. The number of aromatic amines is 2. The second-order valence-electron chi connectivity index (χ2n) is 4.27. The number of rotatable bonds is 3. The van der Waals surface area contributed by atoms with E-state index in [9.17, 15) is 9.59 Å². The molecule has 1 aromatic carbocycles. The van der Waals surface area contributed by atoms with Gasteiger partial charge in [-0.3, -0.25) is 4.79 Å². The zero-order valence-electron chi connectivity index (χ0n) is 10.6. The first-order valence-electron chi connectivity index (χ1n) is 5.61. The molecule has 0 bridgehead atoms. The van der Waals surface area contributed by atoms with Gasteiger partial charge in [-0.1, -0.05) is 0 Å². The van der Waals surface area contributed by atoms with Crippen LogP contribution in [0.2, 0.25) is 0 Å². The highest BCUT2D eigenvalue weighted by molar-refractivity contribution is 5.98. The Morgan fingerprint density at radius 3 is 2.58 bits per heavy atom. The summed E-state index contributed by atoms with van der Waals surface area (Å²) in [7, 11) is 3.65. The molecule has 0 spiro atoms. The molecule has 3 N–H and O–H groups in total. The number of imidazole rings is 1. The zero-order valence-corrected chi connectivity index (χ0v) is 10.6. The van der Waals surface area contributed by atoms with Crippen molar-refractivity contribution in [2.75, 3.05) is 24.3 Å². The van der Waals surface area contributed by atoms with E-state index in [0.717, 1.165) is 5.69 Å². The molecule has 0 aliphatic carbocycles. The highest BCUT2D eigenvalue weighted by Gasteiger charge is 2.11. The Morgan fingerprint density at radius 1 is 1.37 bits per heavy atom. The molecule has 2 aromatic rings. The Bertz CT molecular complexity index is 720. The number of hydrogen-bond acceptors (Lipinski definition) is 4. The van der Waals surface area contributed by atoms with Gasteiger partial charge >= 0.3 is 5.69 Å². The van der Waals surface area contributed by atoms with Crippen molar-refractivity contribution >= 4 is 28.3 Å². The first-order chi connectivity index (χ1) is 9.01. The van der Waals surface area contributed by atoms with E-state index < -0.39 is 0 Å². The molecule has 1 heterocycles. The van der Waals surface area contributed by atoms with E-state index in [1.54, 1.807) is 18.2 Å². The minimum Gasteiger partial charge on any atom is -0.376 e. The third-order valence-corrected chi connectivity index (χ3v) is 2.63. The SMILES string of the molecule is CN(C)c1cc2[nH]c(=O)[nH]c2cc1NC(=O)CC#N. The number of benzene rings is 1. The fourth-order valence-electron chi connectivity index (χ4n) is 1.81. The molecule has 7 heteroatoms. The number of aromatic nitrogens is 2. The summed E-state index contributed by atoms with van der Waals surface area (Å²) in [6, 6.07) is 5.21. The van der Waals surface area contributed by atoms with Crippen molar-refractivity contribution in [2.45, 2.75) is 6.42 Å². The van der Waals surface area contributed by atoms with Crippen molar-refractivity contribution < 1.29 is 4.79 Å². The molecule has 0 saturated heterocycles. The van der Waals surface area contributed by atoms with Crippen LogP contribution in [-0.2, 0) is 4.79 Å². The number of nitrogens with one attached hydrogen (secondary N) is 3. The Kier molecular flexibility index (Phi) is 3.25. The quantitative estimate of drug-likeness (QED) is 0.757. The molecule has 98 valence electrons. The van der Waals surface area contributed by atoms with E-state index in [1.165, 1.54) is 0 Å². The van der Waals surface area contributed by atoms with Gasteiger partial charge in [0.2, 0.25) is 5.91 Å². The van der Waals surface area contributed by atoms with Crippen molar-refractivity contribution in [3.05, 3.63) is 22.6 Å². The smallest absolute Gasteiger partial charge is 0.323 e. The molecular formula is C12H13N5O2. The van der Waals surface area contributed by atoms with Crippen molar-refractivity contribution in [1.29, 1.82) is 5.26 Å². The number of fused-ring (bicyclic) bond motifs is 1. The number of H-pyrrole nitrogens is 2. The third-order valence-electron chi connectivity index (χ3n) is 2.63. The lowest BCUT2D eigenvalue weighted by atomic mass is 10.2. The second-order valence-corrected chi connectivity index (χ2v) is 4.27. The van der Waals surface area contributed by atoms with Gasteiger partial charge in [0.25, 0.3) is 0 Å². The maximum atomic E-state index is 11.5. The van der Waals surface area contributed by atoms with Crippen molar-refractivity contribution in [2.24, 2.45) is 0 Å². The van der Waals surface area contributed by atoms with Crippen molar-refractivity contribution in [1.82, 2.24) is 9.97 Å². The number of carbonyl (C=O) groups is 1. The van der Waals surface area contributed by atoms with Crippen LogP contribution in [0.5, 0.6) is 0 Å². The lowest BCUT2D eigenvalue weighted by molar-refractivity contribution is -0.115. The molecule has 1 amide bonds. The molecule has 2 rings (SSSR count). The minimum atomic E-state index is -0.386. The zero-order chi connectivity index (χ0) is 14.0. The van der Waals surface area contributed by atoms with Gasteiger partial charge in [0.1, 0.15) is 6.42 Å². The first kappa shape index (κ1) is 12.7. The lowest BCUT2D eigenvalue weighted by Gasteiger charge is -2.17. The number of anilines is 2. The first-order valence-corrected chi connectivity index (χ1v) is 5.61. The van der Waals surface area contributed by atoms with E-state index in [4.69, 9.17) is 5.26 Å². The monoisotopic (exact) mass is 259 g/mol. The number of amides is 1. The second kappa shape index (κ2) is 4.86. The predicted molar refractivity (Wildman–Crippen MR) is 72.1 cm³/mol. The number of nitrogens with zero attached hydrogens (tertiary/aromatic N) is 2. The molecule has 0 atom stereocenters. The largest absolute Gasteiger partial charge is 0.376 e. The summed E-state index contributed by atoms with van der Waals surface area (Å²) in [5.41, 5.74) is 2.25. The minimum absolute atomic E-state index is 0.214. The summed E-state index contributed by atoms with van der Waals surface area (Å²) < 4.78 is 0. The predicted octanol–water partition coefficient (Wildman–Crippen LogP) is 0.774. The summed E-state index contributed by atoms with van der Waals surface area (Å²) in [6.45, 7) is 0. The van der Waals surface area contributed by atoms with Gasteiger partial charge in [0, 0.05) is 14.1 Å². The Labute approximate surface area is 108 Å². The number of nitriles is 1. The van der Waals surface area contributed by atoms with E-state index in [2.05, 4.69) is 15.3 Å². The molecule has 1 aromatic heterocycles. The molecule has 0 radical (unpaired) electrons. The Balaban J connectivity index is 2.50. The van der Waals surface area contributed by atoms with E-state index >= 15 is 0 Å². The Hall–Kier alpha value is -2.75. The standard InChI is InChI=1S/C12H13N5O2/c1-17(2)10-6-8-7(15-12(19)16-8)5-9(10)14-11(18)3-4-13/h5-6H,3H2,1-2H3,(H,14,18)(H2,15,16,19). The van der Waals surface area contributed by atoms with E-state index in [-0.39, 0.29) is 18.0 Å². The van der Waals surface area contributed by atoms with Crippen LogP contribution in [0.4, 0.5) is 11.4 Å². The maximum absolute atomic E-state index is 11.5.